The molecule has 35 heavy (non-hydrogen) atoms. The van der Waals surface area contributed by atoms with E-state index in [-0.39, 0.29) is 17.7 Å². The number of thiazole rings is 1. The van der Waals surface area contributed by atoms with Gasteiger partial charge < -0.3 is 23.5 Å². The number of carbonyl (C=O) groups excluding carboxylic acids is 1. The van der Waals surface area contributed by atoms with E-state index < -0.39 is 12.0 Å². The van der Waals surface area contributed by atoms with Gasteiger partial charge in [0, 0.05) is 31.8 Å². The second-order valence-electron chi connectivity index (χ2n) is 7.98. The highest BCUT2D eigenvalue weighted by atomic mass is 32.1. The van der Waals surface area contributed by atoms with Crippen molar-refractivity contribution in [3.8, 4) is 11.5 Å². The number of furan rings is 1. The van der Waals surface area contributed by atoms with E-state index in [2.05, 4.69) is 4.99 Å². The summed E-state index contributed by atoms with van der Waals surface area (Å²) >= 11 is 1.22. The molecule has 1 atom stereocenters. The van der Waals surface area contributed by atoms with Crippen molar-refractivity contribution < 1.29 is 23.4 Å². The van der Waals surface area contributed by atoms with E-state index in [1.165, 1.54) is 23.0 Å². The molecule has 10 heteroatoms. The van der Waals surface area contributed by atoms with Crippen molar-refractivity contribution in [3.63, 3.8) is 0 Å². The van der Waals surface area contributed by atoms with Crippen LogP contribution in [0, 0.1) is 0 Å². The first kappa shape index (κ1) is 24.3. The second kappa shape index (κ2) is 9.83. The van der Waals surface area contributed by atoms with Crippen LogP contribution >= 0.6 is 11.3 Å². The van der Waals surface area contributed by atoms with Crippen LogP contribution in [0.3, 0.4) is 0 Å². The van der Waals surface area contributed by atoms with Gasteiger partial charge in [0.1, 0.15) is 23.3 Å². The van der Waals surface area contributed by atoms with E-state index in [0.29, 0.717) is 43.7 Å². The summed E-state index contributed by atoms with van der Waals surface area (Å²) in [4.78, 5) is 33.7. The molecule has 1 aliphatic rings. The zero-order valence-corrected chi connectivity index (χ0v) is 21.3. The molecule has 0 bridgehead atoms. The first-order valence-corrected chi connectivity index (χ1v) is 11.8. The predicted octanol–water partition coefficient (Wildman–Crippen LogP) is 2.47. The lowest BCUT2D eigenvalue weighted by Crippen LogP contribution is -2.40. The monoisotopic (exact) mass is 497 g/mol. The normalized spacial score (nSPS) is 15.5. The summed E-state index contributed by atoms with van der Waals surface area (Å²) in [6.07, 6.45) is 1.68. The number of benzene rings is 1. The fourth-order valence-electron chi connectivity index (χ4n) is 3.93. The quantitative estimate of drug-likeness (QED) is 0.463. The lowest BCUT2D eigenvalue weighted by molar-refractivity contribution is -0.139. The van der Waals surface area contributed by atoms with Crippen molar-refractivity contribution in [2.75, 3.05) is 39.8 Å². The number of ether oxygens (including phenoxy) is 3. The van der Waals surface area contributed by atoms with Crippen LogP contribution in [-0.4, -0.2) is 45.5 Å². The van der Waals surface area contributed by atoms with Gasteiger partial charge in [0.15, 0.2) is 10.7 Å². The van der Waals surface area contributed by atoms with E-state index in [1.807, 2.05) is 25.1 Å². The van der Waals surface area contributed by atoms with Crippen molar-refractivity contribution >= 4 is 29.3 Å². The van der Waals surface area contributed by atoms with E-state index in [9.17, 15) is 9.59 Å². The highest BCUT2D eigenvalue weighted by Gasteiger charge is 2.35. The molecule has 0 saturated heterocycles. The number of anilines is 1. The van der Waals surface area contributed by atoms with Crippen LogP contribution in [0.15, 0.2) is 55.8 Å². The fourth-order valence-corrected chi connectivity index (χ4v) is 4.95. The van der Waals surface area contributed by atoms with Crippen LogP contribution in [-0.2, 0) is 9.53 Å². The largest absolute Gasteiger partial charge is 0.497 e. The van der Waals surface area contributed by atoms with E-state index in [0.717, 1.165) is 0 Å². The minimum Gasteiger partial charge on any atom is -0.497 e. The maximum absolute atomic E-state index is 13.7. The zero-order chi connectivity index (χ0) is 25.3. The molecule has 3 heterocycles. The number of carbonyl (C=O) groups is 1. The van der Waals surface area contributed by atoms with Crippen molar-refractivity contribution in [1.29, 1.82) is 0 Å². The summed E-state index contributed by atoms with van der Waals surface area (Å²) < 4.78 is 24.1. The van der Waals surface area contributed by atoms with E-state index in [1.54, 1.807) is 51.3 Å². The number of hydrogen-bond acceptors (Lipinski definition) is 9. The van der Waals surface area contributed by atoms with Crippen LogP contribution in [0.2, 0.25) is 0 Å². The highest BCUT2D eigenvalue weighted by molar-refractivity contribution is 7.07. The number of esters is 1. The Morgan fingerprint density at radius 3 is 2.63 bits per heavy atom. The van der Waals surface area contributed by atoms with Gasteiger partial charge in [0.2, 0.25) is 0 Å². The van der Waals surface area contributed by atoms with Crippen LogP contribution in [0.25, 0.3) is 6.08 Å². The van der Waals surface area contributed by atoms with E-state index >= 15 is 0 Å². The van der Waals surface area contributed by atoms with Crippen LogP contribution < -0.4 is 29.3 Å². The van der Waals surface area contributed by atoms with Crippen molar-refractivity contribution in [2.45, 2.75) is 19.9 Å². The average Bonchev–Trinajstić information content (AvgIpc) is 3.42. The molecule has 0 spiro atoms. The minimum absolute atomic E-state index is 0.189. The zero-order valence-electron chi connectivity index (χ0n) is 20.4. The topological polar surface area (TPSA) is 95.5 Å². The molecule has 0 unspecified atom stereocenters. The number of fused-ring (bicyclic) bond motifs is 1. The predicted molar refractivity (Wildman–Crippen MR) is 133 cm³/mol. The van der Waals surface area contributed by atoms with Gasteiger partial charge in [-0.3, -0.25) is 9.36 Å². The molecule has 0 radical (unpaired) electrons. The standard InChI is InChI=1S/C25H27N3O6S/c1-7-33-24(30)21-14(2)26-25-28(22(21)17-12-15(31-5)8-10-18(17)32-6)23(29)19(35-25)13-16-9-11-20(34-16)27(3)4/h8-13,22H,7H2,1-6H3/t22-/m0/s1. The number of hydrogen-bond donors (Lipinski definition) is 0. The smallest absolute Gasteiger partial charge is 0.338 e. The van der Waals surface area contributed by atoms with Gasteiger partial charge in [-0.15, -0.1) is 0 Å². The molecule has 2 aromatic heterocycles. The molecule has 1 aliphatic heterocycles. The number of aromatic nitrogens is 1. The Kier molecular flexibility index (Phi) is 6.83. The Hall–Kier alpha value is -3.79. The molecule has 0 N–H and O–H groups in total. The third-order valence-corrected chi connectivity index (χ3v) is 6.56. The van der Waals surface area contributed by atoms with Gasteiger partial charge in [-0.2, -0.15) is 0 Å². The Balaban J connectivity index is 1.98. The molecular formula is C25H27N3O6S. The molecule has 0 aliphatic carbocycles. The van der Waals surface area contributed by atoms with Gasteiger partial charge in [-0.1, -0.05) is 11.3 Å². The third kappa shape index (κ3) is 4.49. The van der Waals surface area contributed by atoms with Crippen molar-refractivity contribution in [1.82, 2.24) is 4.57 Å². The Morgan fingerprint density at radius 2 is 2.00 bits per heavy atom. The molecule has 1 aromatic carbocycles. The molecule has 4 rings (SSSR count). The fraction of sp³-hybridized carbons (Fsp3) is 0.320. The number of methoxy groups -OCH3 is 2. The Morgan fingerprint density at radius 1 is 1.23 bits per heavy atom. The maximum Gasteiger partial charge on any atom is 0.338 e. The lowest BCUT2D eigenvalue weighted by atomic mass is 9.95. The molecule has 184 valence electrons. The average molecular weight is 498 g/mol. The number of nitrogens with zero attached hydrogens (tertiary/aromatic N) is 3. The van der Waals surface area contributed by atoms with Crippen LogP contribution in [0.1, 0.15) is 31.2 Å². The summed E-state index contributed by atoms with van der Waals surface area (Å²) in [5.41, 5.74) is 1.02. The van der Waals surface area contributed by atoms with Gasteiger partial charge >= 0.3 is 5.97 Å². The van der Waals surface area contributed by atoms with E-state index in [4.69, 9.17) is 18.6 Å². The molecule has 0 saturated carbocycles. The van der Waals surface area contributed by atoms with Crippen molar-refractivity contribution in [3.05, 3.63) is 72.6 Å². The highest BCUT2D eigenvalue weighted by Crippen LogP contribution is 2.37. The second-order valence-corrected chi connectivity index (χ2v) is 8.99. The SMILES string of the molecule is CCOC(=O)C1=C(C)N=c2sc(=Cc3ccc(N(C)C)o3)c(=O)n2[C@H]1c1cc(OC)ccc1OC. The first-order valence-electron chi connectivity index (χ1n) is 11.0. The van der Waals surface area contributed by atoms with Crippen molar-refractivity contribution in [2.24, 2.45) is 4.99 Å². The number of allylic oxidation sites excluding steroid dienone is 1. The molecule has 3 aromatic rings. The molecule has 0 amide bonds. The summed E-state index contributed by atoms with van der Waals surface area (Å²) in [5.74, 6) is 1.73. The van der Waals surface area contributed by atoms with Gasteiger partial charge in [-0.05, 0) is 38.1 Å². The van der Waals surface area contributed by atoms with Crippen LogP contribution in [0.5, 0.6) is 11.5 Å². The Labute approximate surface area is 206 Å². The van der Waals surface area contributed by atoms with Gasteiger partial charge in [-0.25, -0.2) is 9.79 Å². The summed E-state index contributed by atoms with van der Waals surface area (Å²) in [6.45, 7) is 3.66. The van der Waals surface area contributed by atoms with Gasteiger partial charge in [0.25, 0.3) is 5.56 Å². The third-order valence-electron chi connectivity index (χ3n) is 5.58. The summed E-state index contributed by atoms with van der Waals surface area (Å²) in [6, 6.07) is 8.07. The van der Waals surface area contributed by atoms with Crippen LogP contribution in [0.4, 0.5) is 5.88 Å². The number of rotatable bonds is 7. The first-order chi connectivity index (χ1) is 16.8. The molecular weight excluding hydrogens is 470 g/mol. The lowest BCUT2D eigenvalue weighted by Gasteiger charge is -2.26. The molecule has 0 fully saturated rings. The maximum atomic E-state index is 13.7. The van der Waals surface area contributed by atoms with Gasteiger partial charge in [0.05, 0.1) is 36.6 Å². The summed E-state index contributed by atoms with van der Waals surface area (Å²) in [5, 5.41) is 0. The molecule has 9 nitrogen and oxygen atoms in total. The summed E-state index contributed by atoms with van der Waals surface area (Å²) in [7, 11) is 6.83. The minimum atomic E-state index is -0.813. The Bertz CT molecular complexity index is 1480.